The van der Waals surface area contributed by atoms with Gasteiger partial charge in [0.25, 0.3) is 0 Å². The summed E-state index contributed by atoms with van der Waals surface area (Å²) < 4.78 is 38.7. The van der Waals surface area contributed by atoms with Crippen molar-refractivity contribution < 1.29 is 22.7 Å². The van der Waals surface area contributed by atoms with Crippen LogP contribution in [0.4, 0.5) is 0 Å². The van der Waals surface area contributed by atoms with Gasteiger partial charge in [-0.05, 0) is 50.7 Å². The highest BCUT2D eigenvalue weighted by atomic mass is 32.2. The molecule has 2 aliphatic heterocycles. The van der Waals surface area contributed by atoms with E-state index in [0.717, 1.165) is 6.42 Å². The first-order valence-electron chi connectivity index (χ1n) is 10.2. The van der Waals surface area contributed by atoms with Crippen LogP contribution in [0.5, 0.6) is 11.5 Å². The molecule has 154 valence electrons. The van der Waals surface area contributed by atoms with Crippen molar-refractivity contribution in [3.63, 3.8) is 0 Å². The average Bonchev–Trinajstić information content (AvgIpc) is 3.54. The van der Waals surface area contributed by atoms with Crippen LogP contribution in [0.2, 0.25) is 0 Å². The van der Waals surface area contributed by atoms with Crippen molar-refractivity contribution in [2.75, 3.05) is 26.3 Å². The van der Waals surface area contributed by atoms with Crippen molar-refractivity contribution in [2.24, 2.45) is 11.8 Å². The number of ether oxygens (including phenoxy) is 2. The molecule has 0 radical (unpaired) electrons. The number of rotatable bonds is 5. The minimum atomic E-state index is -3.62. The van der Waals surface area contributed by atoms with E-state index in [1.165, 1.54) is 17.1 Å². The molecule has 1 aromatic rings. The van der Waals surface area contributed by atoms with Crippen molar-refractivity contribution in [1.29, 1.82) is 0 Å². The van der Waals surface area contributed by atoms with Gasteiger partial charge in [-0.1, -0.05) is 0 Å². The molecule has 0 bridgehead atoms. The van der Waals surface area contributed by atoms with Gasteiger partial charge in [0.15, 0.2) is 11.5 Å². The van der Waals surface area contributed by atoms with Gasteiger partial charge in [-0.15, -0.1) is 0 Å². The van der Waals surface area contributed by atoms with Crippen LogP contribution in [0.15, 0.2) is 23.1 Å². The van der Waals surface area contributed by atoms with E-state index in [9.17, 15) is 13.2 Å². The minimum Gasteiger partial charge on any atom is -0.490 e. The lowest BCUT2D eigenvalue weighted by Gasteiger charge is -2.31. The highest BCUT2D eigenvalue weighted by Crippen LogP contribution is 2.34. The molecule has 1 aliphatic carbocycles. The topological polar surface area (TPSA) is 84.9 Å². The lowest BCUT2D eigenvalue weighted by molar-refractivity contribution is -0.126. The van der Waals surface area contributed by atoms with E-state index in [-0.39, 0.29) is 22.8 Å². The van der Waals surface area contributed by atoms with Crippen molar-refractivity contribution in [2.45, 2.75) is 50.0 Å². The van der Waals surface area contributed by atoms with Crippen molar-refractivity contribution in [3.8, 4) is 11.5 Å². The Balaban J connectivity index is 1.39. The molecule has 28 heavy (non-hydrogen) atoms. The summed E-state index contributed by atoms with van der Waals surface area (Å²) in [6.07, 6.45) is 4.24. The second-order valence-corrected chi connectivity index (χ2v) is 9.91. The third kappa shape index (κ3) is 4.12. The highest BCUT2D eigenvalue weighted by molar-refractivity contribution is 7.89. The smallest absolute Gasteiger partial charge is 0.243 e. The van der Waals surface area contributed by atoms with Gasteiger partial charge in [0.05, 0.1) is 18.1 Å². The molecule has 1 N–H and O–H groups in total. The molecular weight excluding hydrogens is 380 g/mol. The van der Waals surface area contributed by atoms with Crippen molar-refractivity contribution in [3.05, 3.63) is 18.2 Å². The Kier molecular flexibility index (Phi) is 5.51. The quantitative estimate of drug-likeness (QED) is 0.807. The van der Waals surface area contributed by atoms with E-state index in [4.69, 9.17) is 9.47 Å². The molecule has 1 atom stereocenters. The number of nitrogens with zero attached hydrogens (tertiary/aromatic N) is 1. The lowest BCUT2D eigenvalue weighted by atomic mass is 9.96. The summed E-state index contributed by atoms with van der Waals surface area (Å²) in [5.74, 6) is 1.62. The molecule has 1 amide bonds. The van der Waals surface area contributed by atoms with E-state index in [0.29, 0.717) is 56.6 Å². The summed E-state index contributed by atoms with van der Waals surface area (Å²) in [4.78, 5) is 12.7. The van der Waals surface area contributed by atoms with Crippen LogP contribution in [-0.4, -0.2) is 51.0 Å². The zero-order chi connectivity index (χ0) is 19.7. The molecule has 1 saturated carbocycles. The molecule has 7 nitrogen and oxygen atoms in total. The van der Waals surface area contributed by atoms with Gasteiger partial charge in [-0.3, -0.25) is 4.79 Å². The number of amides is 1. The number of benzene rings is 1. The van der Waals surface area contributed by atoms with E-state index in [1.54, 1.807) is 18.2 Å². The summed E-state index contributed by atoms with van der Waals surface area (Å²) in [7, 11) is -3.62. The van der Waals surface area contributed by atoms with Crippen LogP contribution in [0, 0.1) is 11.8 Å². The predicted octanol–water partition coefficient (Wildman–Crippen LogP) is 2.16. The zero-order valence-corrected chi connectivity index (χ0v) is 17.0. The molecule has 0 unspecified atom stereocenters. The Morgan fingerprint density at radius 1 is 1.11 bits per heavy atom. The Morgan fingerprint density at radius 3 is 2.46 bits per heavy atom. The standard InChI is InChI=1S/C20H28N2O5S/c1-14(15-3-4-15)21-20(23)16-7-9-22(10-8-16)28(24,25)17-5-6-18-19(13-17)27-12-2-11-26-18/h5-6,13-16H,2-4,7-12H2,1H3,(H,21,23)/t14-/m0/s1. The molecule has 0 aromatic heterocycles. The number of carbonyl (C=O) groups excluding carboxylic acids is 1. The molecule has 2 fully saturated rings. The number of nitrogens with one attached hydrogen (secondary N) is 1. The summed E-state index contributed by atoms with van der Waals surface area (Å²) >= 11 is 0. The van der Waals surface area contributed by atoms with Gasteiger partial charge in [0, 0.05) is 37.5 Å². The van der Waals surface area contributed by atoms with Crippen LogP contribution >= 0.6 is 0 Å². The van der Waals surface area contributed by atoms with Gasteiger partial charge < -0.3 is 14.8 Å². The van der Waals surface area contributed by atoms with Gasteiger partial charge in [0.1, 0.15) is 0 Å². The number of sulfonamides is 1. The maximum atomic E-state index is 13.0. The van der Waals surface area contributed by atoms with Crippen molar-refractivity contribution in [1.82, 2.24) is 9.62 Å². The van der Waals surface area contributed by atoms with Gasteiger partial charge >= 0.3 is 0 Å². The number of piperidine rings is 1. The molecule has 8 heteroatoms. The third-order valence-electron chi connectivity index (χ3n) is 5.88. The van der Waals surface area contributed by atoms with Crippen LogP contribution in [0.25, 0.3) is 0 Å². The fourth-order valence-electron chi connectivity index (χ4n) is 3.87. The molecule has 1 saturated heterocycles. The van der Waals surface area contributed by atoms with Crippen molar-refractivity contribution >= 4 is 15.9 Å². The maximum absolute atomic E-state index is 13.0. The molecule has 4 rings (SSSR count). The van der Waals surface area contributed by atoms with Crippen LogP contribution in [0.1, 0.15) is 39.0 Å². The second kappa shape index (κ2) is 7.91. The normalized spacial score (nSPS) is 22.3. The van der Waals surface area contributed by atoms with Gasteiger partial charge in [-0.25, -0.2) is 8.42 Å². The van der Waals surface area contributed by atoms with Crippen LogP contribution in [0.3, 0.4) is 0 Å². The first kappa shape index (κ1) is 19.5. The first-order chi connectivity index (χ1) is 13.4. The van der Waals surface area contributed by atoms with E-state index >= 15 is 0 Å². The summed E-state index contributed by atoms with van der Waals surface area (Å²) in [6.45, 7) is 3.84. The predicted molar refractivity (Wildman–Crippen MR) is 104 cm³/mol. The largest absolute Gasteiger partial charge is 0.490 e. The Labute approximate surface area is 166 Å². The monoisotopic (exact) mass is 408 g/mol. The molecule has 1 aromatic carbocycles. The lowest BCUT2D eigenvalue weighted by Crippen LogP contribution is -2.45. The average molecular weight is 409 g/mol. The first-order valence-corrected chi connectivity index (χ1v) is 11.6. The van der Waals surface area contributed by atoms with E-state index in [2.05, 4.69) is 12.2 Å². The van der Waals surface area contributed by atoms with Crippen LogP contribution < -0.4 is 14.8 Å². The van der Waals surface area contributed by atoms with Gasteiger partial charge in [0.2, 0.25) is 15.9 Å². The fraction of sp³-hybridized carbons (Fsp3) is 0.650. The fourth-order valence-corrected chi connectivity index (χ4v) is 5.35. The second-order valence-electron chi connectivity index (χ2n) is 7.97. The van der Waals surface area contributed by atoms with E-state index < -0.39 is 10.0 Å². The number of hydrogen-bond donors (Lipinski definition) is 1. The summed E-state index contributed by atoms with van der Waals surface area (Å²) in [6, 6.07) is 4.99. The maximum Gasteiger partial charge on any atom is 0.243 e. The Hall–Kier alpha value is -1.80. The SMILES string of the molecule is C[C@H](NC(=O)C1CCN(S(=O)(=O)c2ccc3c(c2)OCCCO3)CC1)C1CC1. The summed E-state index contributed by atoms with van der Waals surface area (Å²) in [5.41, 5.74) is 0. The molecule has 0 spiro atoms. The molecule has 2 heterocycles. The minimum absolute atomic E-state index is 0.0621. The van der Waals surface area contributed by atoms with E-state index in [1.807, 2.05) is 0 Å². The molecular formula is C20H28N2O5S. The molecule has 3 aliphatic rings. The summed E-state index contributed by atoms with van der Waals surface area (Å²) in [5, 5.41) is 3.10. The van der Waals surface area contributed by atoms with Gasteiger partial charge in [-0.2, -0.15) is 4.31 Å². The Bertz CT molecular complexity index is 829. The highest BCUT2D eigenvalue weighted by Gasteiger charge is 2.35. The Morgan fingerprint density at radius 2 is 1.79 bits per heavy atom. The third-order valence-corrected chi connectivity index (χ3v) is 7.78. The number of hydrogen-bond acceptors (Lipinski definition) is 5. The number of fused-ring (bicyclic) bond motifs is 1. The number of carbonyl (C=O) groups is 1. The zero-order valence-electron chi connectivity index (χ0n) is 16.2. The van der Waals surface area contributed by atoms with Crippen LogP contribution in [-0.2, 0) is 14.8 Å².